The largest absolute Gasteiger partial charge is 0.444 e. The van der Waals surface area contributed by atoms with E-state index < -0.39 is 6.09 Å². The van der Waals surface area contributed by atoms with Crippen LogP contribution >= 0.6 is 34.5 Å². The average Bonchev–Trinajstić information content (AvgIpc) is 2.93. The van der Waals surface area contributed by atoms with Gasteiger partial charge in [0.25, 0.3) is 0 Å². The molecule has 0 unspecified atom stereocenters. The van der Waals surface area contributed by atoms with E-state index in [9.17, 15) is 4.79 Å². The first-order chi connectivity index (χ1) is 10.1. The Hall–Kier alpha value is -1.56. The Morgan fingerprint density at radius 3 is 2.90 bits per heavy atom. The zero-order valence-corrected chi connectivity index (χ0v) is 13.1. The minimum Gasteiger partial charge on any atom is -0.444 e. The molecule has 0 atom stereocenters. The highest BCUT2D eigenvalue weighted by Gasteiger charge is 2.20. The van der Waals surface area contributed by atoms with Crippen LogP contribution in [0.1, 0.15) is 16.1 Å². The quantitative estimate of drug-likeness (QED) is 0.803. The maximum atomic E-state index is 12.1. The number of fused-ring (bicyclic) bond motifs is 1. The Bertz CT molecular complexity index is 694. The Labute approximate surface area is 135 Å². The maximum Gasteiger partial charge on any atom is 0.414 e. The van der Waals surface area contributed by atoms with E-state index in [2.05, 4.69) is 4.98 Å². The molecule has 2 aromatic rings. The molecule has 1 aromatic heterocycles. The number of rotatable bonds is 2. The monoisotopic (exact) mass is 340 g/mol. The second-order valence-electron chi connectivity index (χ2n) is 4.36. The van der Waals surface area contributed by atoms with Crippen LogP contribution in [0.3, 0.4) is 0 Å². The summed E-state index contributed by atoms with van der Waals surface area (Å²) in [5, 5.41) is 0.962. The summed E-state index contributed by atoms with van der Waals surface area (Å²) in [6.07, 6.45) is 3.01. The minimum atomic E-state index is -0.443. The second kappa shape index (κ2) is 6.05. The highest BCUT2D eigenvalue weighted by atomic mass is 35.5. The molecule has 0 saturated heterocycles. The number of hydrogen-bond donors (Lipinski definition) is 0. The lowest BCUT2D eigenvalue weighted by atomic mass is 10.2. The highest BCUT2D eigenvalue weighted by molar-refractivity contribution is 7.09. The van der Waals surface area contributed by atoms with Crippen molar-refractivity contribution in [3.8, 4) is 0 Å². The number of aromatic nitrogens is 1. The number of ether oxygens (including phenoxy) is 1. The first kappa shape index (κ1) is 14.4. The smallest absolute Gasteiger partial charge is 0.414 e. The van der Waals surface area contributed by atoms with Gasteiger partial charge in [0.2, 0.25) is 0 Å². The number of carbonyl (C=O) groups is 1. The average molecular weight is 341 g/mol. The van der Waals surface area contributed by atoms with Crippen LogP contribution in [0.2, 0.25) is 10.0 Å². The number of hydrogen-bond acceptors (Lipinski definition) is 4. The molecule has 3 rings (SSSR count). The molecule has 1 aliphatic heterocycles. The fraction of sp³-hybridized carbons (Fsp3) is 0.143. The van der Waals surface area contributed by atoms with Crippen molar-refractivity contribution in [1.82, 2.24) is 9.88 Å². The zero-order chi connectivity index (χ0) is 14.8. The van der Waals surface area contributed by atoms with Gasteiger partial charge in [-0.15, -0.1) is 11.3 Å². The van der Waals surface area contributed by atoms with Crippen molar-refractivity contribution in [2.75, 3.05) is 0 Å². The van der Waals surface area contributed by atoms with Crippen molar-refractivity contribution in [3.05, 3.63) is 56.1 Å². The lowest BCUT2D eigenvalue weighted by Gasteiger charge is -2.20. The van der Waals surface area contributed by atoms with Gasteiger partial charge in [-0.25, -0.2) is 9.78 Å². The lowest BCUT2D eigenvalue weighted by molar-refractivity contribution is 0.109. The van der Waals surface area contributed by atoms with Gasteiger partial charge in [0.15, 0.2) is 0 Å². The molecule has 0 saturated carbocycles. The van der Waals surface area contributed by atoms with Gasteiger partial charge in [-0.05, 0) is 18.2 Å². The molecular formula is C14H10Cl2N2O2S. The number of carbonyl (C=O) groups excluding carboxylic acids is 1. The first-order valence-electron chi connectivity index (χ1n) is 6.12. The summed E-state index contributed by atoms with van der Waals surface area (Å²) < 4.78 is 5.27. The summed E-state index contributed by atoms with van der Waals surface area (Å²) in [6.45, 7) is 0.503. The molecule has 108 valence electrons. The van der Waals surface area contributed by atoms with Crippen molar-refractivity contribution in [2.24, 2.45) is 0 Å². The van der Waals surface area contributed by atoms with Crippen molar-refractivity contribution in [3.63, 3.8) is 0 Å². The highest BCUT2D eigenvalue weighted by Crippen LogP contribution is 2.26. The summed E-state index contributed by atoms with van der Waals surface area (Å²) in [4.78, 5) is 18.8. The van der Waals surface area contributed by atoms with Gasteiger partial charge in [0, 0.05) is 21.8 Å². The number of nitrogens with zero attached hydrogens (tertiary/aromatic N) is 2. The van der Waals surface area contributed by atoms with Crippen LogP contribution in [0.25, 0.3) is 6.08 Å². The number of halogens is 2. The fourth-order valence-electron chi connectivity index (χ4n) is 1.91. The van der Waals surface area contributed by atoms with Gasteiger partial charge in [-0.1, -0.05) is 29.3 Å². The summed E-state index contributed by atoms with van der Waals surface area (Å²) in [7, 11) is 0. The molecule has 1 amide bonds. The molecule has 1 aliphatic rings. The van der Waals surface area contributed by atoms with Gasteiger partial charge in [-0.2, -0.15) is 0 Å². The number of thiazole rings is 1. The van der Waals surface area contributed by atoms with Crippen molar-refractivity contribution in [2.45, 2.75) is 13.2 Å². The van der Waals surface area contributed by atoms with E-state index >= 15 is 0 Å². The predicted octanol–water partition coefficient (Wildman–Crippen LogP) is 4.57. The molecule has 0 aliphatic carbocycles. The SMILES string of the molecule is O=C(OCc1c(Cl)cccc1Cl)N1C=Cc2ncsc2C1. The fourth-order valence-corrected chi connectivity index (χ4v) is 3.17. The van der Waals surface area contributed by atoms with E-state index in [1.807, 2.05) is 0 Å². The van der Waals surface area contributed by atoms with Crippen LogP contribution in [-0.4, -0.2) is 16.0 Å². The zero-order valence-electron chi connectivity index (χ0n) is 10.8. The second-order valence-corrected chi connectivity index (χ2v) is 6.11. The molecule has 0 spiro atoms. The third-order valence-electron chi connectivity index (χ3n) is 3.03. The van der Waals surface area contributed by atoms with Crippen LogP contribution in [0.5, 0.6) is 0 Å². The van der Waals surface area contributed by atoms with E-state index in [1.54, 1.807) is 36.0 Å². The molecule has 1 aromatic carbocycles. The van der Waals surface area contributed by atoms with Crippen LogP contribution < -0.4 is 0 Å². The van der Waals surface area contributed by atoms with Crippen molar-refractivity contribution >= 4 is 46.7 Å². The topological polar surface area (TPSA) is 42.4 Å². The van der Waals surface area contributed by atoms with Gasteiger partial charge >= 0.3 is 6.09 Å². The van der Waals surface area contributed by atoms with Crippen LogP contribution in [0, 0.1) is 0 Å². The van der Waals surface area contributed by atoms with E-state index in [1.165, 1.54) is 16.2 Å². The van der Waals surface area contributed by atoms with Crippen LogP contribution in [0.4, 0.5) is 4.79 Å². The Morgan fingerprint density at radius 2 is 2.14 bits per heavy atom. The van der Waals surface area contributed by atoms with E-state index in [4.69, 9.17) is 27.9 Å². The molecule has 0 bridgehead atoms. The minimum absolute atomic E-state index is 0.0389. The first-order valence-corrected chi connectivity index (χ1v) is 7.75. The molecule has 0 fully saturated rings. The summed E-state index contributed by atoms with van der Waals surface area (Å²) in [5.41, 5.74) is 3.26. The maximum absolute atomic E-state index is 12.1. The van der Waals surface area contributed by atoms with Gasteiger partial charge in [0.1, 0.15) is 6.61 Å². The number of amides is 1. The van der Waals surface area contributed by atoms with Crippen molar-refractivity contribution < 1.29 is 9.53 Å². The normalized spacial score (nSPS) is 13.1. The van der Waals surface area contributed by atoms with E-state index in [0.717, 1.165) is 10.6 Å². The Morgan fingerprint density at radius 1 is 1.38 bits per heavy atom. The van der Waals surface area contributed by atoms with Gasteiger partial charge < -0.3 is 4.74 Å². The summed E-state index contributed by atoms with van der Waals surface area (Å²) >= 11 is 13.6. The Balaban J connectivity index is 1.65. The molecule has 21 heavy (non-hydrogen) atoms. The predicted molar refractivity (Wildman–Crippen MR) is 83.3 cm³/mol. The van der Waals surface area contributed by atoms with Gasteiger partial charge in [-0.3, -0.25) is 4.90 Å². The standard InChI is InChI=1S/C14H10Cl2N2O2S/c15-10-2-1-3-11(16)9(10)7-20-14(19)18-5-4-12-13(6-18)21-8-17-12/h1-5,8H,6-7H2. The van der Waals surface area contributed by atoms with E-state index in [-0.39, 0.29) is 6.61 Å². The summed E-state index contributed by atoms with van der Waals surface area (Å²) in [6, 6.07) is 5.16. The molecule has 0 N–H and O–H groups in total. The molecular weight excluding hydrogens is 331 g/mol. The van der Waals surface area contributed by atoms with Gasteiger partial charge in [0.05, 0.1) is 22.6 Å². The third-order valence-corrected chi connectivity index (χ3v) is 4.58. The van der Waals surface area contributed by atoms with E-state index in [0.29, 0.717) is 22.2 Å². The number of benzene rings is 1. The molecule has 4 nitrogen and oxygen atoms in total. The van der Waals surface area contributed by atoms with Crippen LogP contribution in [0.15, 0.2) is 29.9 Å². The lowest BCUT2D eigenvalue weighted by Crippen LogP contribution is -2.27. The molecule has 7 heteroatoms. The summed E-state index contributed by atoms with van der Waals surface area (Å²) in [5.74, 6) is 0. The van der Waals surface area contributed by atoms with Crippen LogP contribution in [-0.2, 0) is 17.9 Å². The molecule has 2 heterocycles. The third kappa shape index (κ3) is 3.05. The Kier molecular flexibility index (Phi) is 4.14. The van der Waals surface area contributed by atoms with Crippen molar-refractivity contribution in [1.29, 1.82) is 0 Å². The molecule has 0 radical (unpaired) electrons.